The summed E-state index contributed by atoms with van der Waals surface area (Å²) in [5, 5.41) is 27.9. The number of carboxylic acid groups (broad SMARTS) is 1. The van der Waals surface area contributed by atoms with Gasteiger partial charge in [-0.3, -0.25) is 14.9 Å². The van der Waals surface area contributed by atoms with Crippen molar-refractivity contribution < 1.29 is 28.3 Å². The number of benzene rings is 1. The molecule has 1 aromatic carbocycles. The molecule has 0 aliphatic rings. The van der Waals surface area contributed by atoms with Gasteiger partial charge in [-0.15, -0.1) is 0 Å². The van der Waals surface area contributed by atoms with Crippen LogP contribution in [0.2, 0.25) is 5.02 Å². The number of nitrogens with zero attached hydrogens (tertiary/aromatic N) is 1. The van der Waals surface area contributed by atoms with Gasteiger partial charge < -0.3 is 10.2 Å². The summed E-state index contributed by atoms with van der Waals surface area (Å²) >= 11 is 5.69. The number of sulfonamides is 1. The predicted octanol–water partition coefficient (Wildman–Crippen LogP) is 0.362. The molecule has 0 aromatic heterocycles. The summed E-state index contributed by atoms with van der Waals surface area (Å²) in [4.78, 5) is 20.1. The first-order valence-electron chi connectivity index (χ1n) is 5.49. The number of halogens is 1. The van der Waals surface area contributed by atoms with Gasteiger partial charge in [0.25, 0.3) is 5.69 Å². The second-order valence-corrected chi connectivity index (χ2v) is 5.99. The maximum absolute atomic E-state index is 12.1. The van der Waals surface area contributed by atoms with E-state index in [-0.39, 0.29) is 11.4 Å². The molecule has 1 unspecified atom stereocenters. The molecule has 1 rings (SSSR count). The first-order chi connectivity index (χ1) is 9.69. The number of carbonyl (C=O) groups is 1. The van der Waals surface area contributed by atoms with Gasteiger partial charge >= 0.3 is 5.97 Å². The molecule has 9 nitrogen and oxygen atoms in total. The molecule has 21 heavy (non-hydrogen) atoms. The Morgan fingerprint density at radius 3 is 2.57 bits per heavy atom. The molecule has 0 fully saturated rings. The second kappa shape index (κ2) is 6.80. The zero-order chi connectivity index (χ0) is 16.2. The van der Waals surface area contributed by atoms with Crippen molar-refractivity contribution in [2.24, 2.45) is 0 Å². The standard InChI is InChI=1S/C10H11ClN2O7S/c11-7-2-1-6(13(17)18)5-9(7)21(19,20)12-8(3-4-14)10(15)16/h1-2,5,8,12,14H,3-4H2,(H,15,16). The van der Waals surface area contributed by atoms with Gasteiger partial charge in [0.05, 0.1) is 9.95 Å². The molecule has 0 heterocycles. The van der Waals surface area contributed by atoms with E-state index < -0.39 is 44.1 Å². The lowest BCUT2D eigenvalue weighted by molar-refractivity contribution is -0.385. The van der Waals surface area contributed by atoms with Crippen LogP contribution in [0.25, 0.3) is 0 Å². The van der Waals surface area contributed by atoms with Crippen LogP contribution < -0.4 is 4.72 Å². The molecule has 11 heteroatoms. The van der Waals surface area contributed by atoms with Crippen LogP contribution in [0.1, 0.15) is 6.42 Å². The van der Waals surface area contributed by atoms with Crippen molar-refractivity contribution in [3.63, 3.8) is 0 Å². The van der Waals surface area contributed by atoms with E-state index in [0.29, 0.717) is 0 Å². The Labute approximate surface area is 124 Å². The minimum atomic E-state index is -4.39. The fourth-order valence-corrected chi connectivity index (χ4v) is 3.17. The van der Waals surface area contributed by atoms with Crippen molar-refractivity contribution in [3.05, 3.63) is 33.3 Å². The first kappa shape index (κ1) is 17.3. The van der Waals surface area contributed by atoms with Gasteiger partial charge in [-0.1, -0.05) is 11.6 Å². The molecular formula is C10H11ClN2O7S. The number of nitrogens with one attached hydrogen (secondary N) is 1. The van der Waals surface area contributed by atoms with Crippen molar-refractivity contribution in [3.8, 4) is 0 Å². The Morgan fingerprint density at radius 1 is 1.48 bits per heavy atom. The molecule has 0 aliphatic carbocycles. The summed E-state index contributed by atoms with van der Waals surface area (Å²) in [6.45, 7) is -0.553. The number of rotatable bonds is 7. The number of nitro groups is 1. The van der Waals surface area contributed by atoms with E-state index >= 15 is 0 Å². The Balaban J connectivity index is 3.21. The summed E-state index contributed by atoms with van der Waals surface area (Å²) in [7, 11) is -4.39. The summed E-state index contributed by atoms with van der Waals surface area (Å²) in [6.07, 6.45) is -0.360. The van der Waals surface area contributed by atoms with E-state index in [0.717, 1.165) is 18.2 Å². The quantitative estimate of drug-likeness (QED) is 0.480. The fraction of sp³-hybridized carbons (Fsp3) is 0.300. The molecule has 0 aliphatic heterocycles. The number of hydrogen-bond acceptors (Lipinski definition) is 6. The SMILES string of the molecule is O=C(O)C(CCO)NS(=O)(=O)c1cc([N+](=O)[O-])ccc1Cl. The van der Waals surface area contributed by atoms with E-state index in [1.165, 1.54) is 0 Å². The zero-order valence-electron chi connectivity index (χ0n) is 10.4. The van der Waals surface area contributed by atoms with Gasteiger partial charge in [-0.25, -0.2) is 8.42 Å². The second-order valence-electron chi connectivity index (χ2n) is 3.90. The first-order valence-corrected chi connectivity index (χ1v) is 7.35. The molecule has 0 amide bonds. The average molecular weight is 339 g/mol. The minimum Gasteiger partial charge on any atom is -0.480 e. The highest BCUT2D eigenvalue weighted by molar-refractivity contribution is 7.89. The van der Waals surface area contributed by atoms with Crippen LogP contribution >= 0.6 is 11.6 Å². The molecule has 0 saturated carbocycles. The van der Waals surface area contributed by atoms with Gasteiger partial charge in [0.15, 0.2) is 0 Å². The van der Waals surface area contributed by atoms with Crippen LogP contribution in [-0.2, 0) is 14.8 Å². The van der Waals surface area contributed by atoms with Crippen molar-refractivity contribution in [2.75, 3.05) is 6.61 Å². The van der Waals surface area contributed by atoms with Crippen molar-refractivity contribution in [2.45, 2.75) is 17.4 Å². The number of non-ortho nitro benzene ring substituents is 1. The summed E-state index contributed by atoms with van der Waals surface area (Å²) < 4.78 is 25.9. The van der Waals surface area contributed by atoms with Gasteiger partial charge in [0.2, 0.25) is 10.0 Å². The number of nitro benzene ring substituents is 1. The van der Waals surface area contributed by atoms with Gasteiger partial charge in [0, 0.05) is 18.7 Å². The van der Waals surface area contributed by atoms with Crippen LogP contribution in [0.15, 0.2) is 23.1 Å². The molecule has 3 N–H and O–H groups in total. The maximum atomic E-state index is 12.1. The smallest absolute Gasteiger partial charge is 0.321 e. The molecule has 0 radical (unpaired) electrons. The van der Waals surface area contributed by atoms with Crippen LogP contribution in [0.3, 0.4) is 0 Å². The lowest BCUT2D eigenvalue weighted by Crippen LogP contribution is -2.41. The molecule has 0 bridgehead atoms. The molecule has 0 saturated heterocycles. The molecular weight excluding hydrogens is 328 g/mol. The lowest BCUT2D eigenvalue weighted by Gasteiger charge is -2.14. The third kappa shape index (κ3) is 4.36. The van der Waals surface area contributed by atoms with Crippen molar-refractivity contribution in [1.29, 1.82) is 0 Å². The van der Waals surface area contributed by atoms with Gasteiger partial charge in [0.1, 0.15) is 10.9 Å². The zero-order valence-corrected chi connectivity index (χ0v) is 12.0. The molecule has 1 aromatic rings. The average Bonchev–Trinajstić information content (AvgIpc) is 2.37. The highest BCUT2D eigenvalue weighted by Crippen LogP contribution is 2.26. The molecule has 116 valence electrons. The van der Waals surface area contributed by atoms with Crippen molar-refractivity contribution >= 4 is 33.3 Å². The molecule has 0 spiro atoms. The summed E-state index contributed by atoms with van der Waals surface area (Å²) in [6, 6.07) is 1.19. The van der Waals surface area contributed by atoms with Crippen LogP contribution in [0.5, 0.6) is 0 Å². The highest BCUT2D eigenvalue weighted by atomic mass is 35.5. The molecule has 1 atom stereocenters. The van der Waals surface area contributed by atoms with E-state index in [4.69, 9.17) is 21.8 Å². The Hall–Kier alpha value is -1.75. The van der Waals surface area contributed by atoms with E-state index in [1.54, 1.807) is 0 Å². The number of hydrogen-bond donors (Lipinski definition) is 3. The van der Waals surface area contributed by atoms with Crippen molar-refractivity contribution in [1.82, 2.24) is 4.72 Å². The van der Waals surface area contributed by atoms with Crippen LogP contribution in [0.4, 0.5) is 5.69 Å². The fourth-order valence-electron chi connectivity index (χ4n) is 1.42. The largest absolute Gasteiger partial charge is 0.480 e. The monoisotopic (exact) mass is 338 g/mol. The third-order valence-electron chi connectivity index (χ3n) is 2.43. The van der Waals surface area contributed by atoms with Gasteiger partial charge in [-0.05, 0) is 12.5 Å². The van der Waals surface area contributed by atoms with E-state index in [1.807, 2.05) is 4.72 Å². The lowest BCUT2D eigenvalue weighted by atomic mass is 10.2. The number of carboxylic acids is 1. The van der Waals surface area contributed by atoms with E-state index in [2.05, 4.69) is 0 Å². The number of aliphatic hydroxyl groups is 1. The summed E-state index contributed by atoms with van der Waals surface area (Å²) in [5.41, 5.74) is -0.506. The highest BCUT2D eigenvalue weighted by Gasteiger charge is 2.28. The maximum Gasteiger partial charge on any atom is 0.321 e. The normalized spacial score (nSPS) is 12.9. The topological polar surface area (TPSA) is 147 Å². The summed E-state index contributed by atoms with van der Waals surface area (Å²) in [5.74, 6) is -1.49. The minimum absolute atomic E-state index is 0.291. The third-order valence-corrected chi connectivity index (χ3v) is 4.38. The number of aliphatic carboxylic acids is 1. The van der Waals surface area contributed by atoms with Crippen LogP contribution in [0, 0.1) is 10.1 Å². The van der Waals surface area contributed by atoms with Crippen LogP contribution in [-0.4, -0.2) is 42.2 Å². The van der Waals surface area contributed by atoms with Gasteiger partial charge in [-0.2, -0.15) is 4.72 Å². The Morgan fingerprint density at radius 2 is 2.10 bits per heavy atom. The Kier molecular flexibility index (Phi) is 5.61. The number of aliphatic hydroxyl groups excluding tert-OH is 1. The predicted molar refractivity (Wildman–Crippen MR) is 71.6 cm³/mol. The van der Waals surface area contributed by atoms with E-state index in [9.17, 15) is 23.3 Å². The Bertz CT molecular complexity index is 661.